The molecule has 3 aromatic carbocycles. The largest absolute Gasteiger partial charge is 0.416 e. The van der Waals surface area contributed by atoms with Crippen LogP contribution in [0.5, 0.6) is 0 Å². The molecule has 0 radical (unpaired) electrons. The van der Waals surface area contributed by atoms with E-state index in [0.717, 1.165) is 12.1 Å². The van der Waals surface area contributed by atoms with E-state index >= 15 is 0 Å². The molecular formula is C27H24F4N2O2. The Labute approximate surface area is 200 Å². The summed E-state index contributed by atoms with van der Waals surface area (Å²) in [6.45, 7) is 1.97. The van der Waals surface area contributed by atoms with Crippen molar-refractivity contribution >= 4 is 17.5 Å². The van der Waals surface area contributed by atoms with Gasteiger partial charge in [0.2, 0.25) is 5.91 Å². The van der Waals surface area contributed by atoms with Crippen molar-refractivity contribution in [2.24, 2.45) is 5.92 Å². The SMILES string of the molecule is Cc1cccc(F)c1C(=O)N1CCC[C@H](C(=O)Nc2cccc(C(F)(F)F)c2)[C@@H]1c1ccccc1. The van der Waals surface area contributed by atoms with Crippen LogP contribution in [-0.4, -0.2) is 23.3 Å². The summed E-state index contributed by atoms with van der Waals surface area (Å²) in [4.78, 5) is 28.4. The molecule has 2 atom stereocenters. The number of amides is 2. The number of nitrogens with zero attached hydrogens (tertiary/aromatic N) is 1. The second kappa shape index (κ2) is 9.90. The summed E-state index contributed by atoms with van der Waals surface area (Å²) >= 11 is 0. The number of anilines is 1. The molecule has 0 bridgehead atoms. The van der Waals surface area contributed by atoms with Crippen LogP contribution >= 0.6 is 0 Å². The van der Waals surface area contributed by atoms with Crippen molar-refractivity contribution in [1.29, 1.82) is 0 Å². The van der Waals surface area contributed by atoms with Gasteiger partial charge < -0.3 is 10.2 Å². The maximum absolute atomic E-state index is 14.6. The smallest absolute Gasteiger partial charge is 0.331 e. The topological polar surface area (TPSA) is 49.4 Å². The molecule has 0 aromatic heterocycles. The van der Waals surface area contributed by atoms with Crippen molar-refractivity contribution in [2.45, 2.75) is 32.0 Å². The predicted molar refractivity (Wildman–Crippen MR) is 124 cm³/mol. The summed E-state index contributed by atoms with van der Waals surface area (Å²) < 4.78 is 54.0. The van der Waals surface area contributed by atoms with E-state index < -0.39 is 41.3 Å². The van der Waals surface area contributed by atoms with Crippen LogP contribution < -0.4 is 5.32 Å². The first-order valence-corrected chi connectivity index (χ1v) is 11.3. The lowest BCUT2D eigenvalue weighted by Crippen LogP contribution is -2.46. The molecule has 0 aliphatic carbocycles. The number of halogens is 4. The van der Waals surface area contributed by atoms with Crippen molar-refractivity contribution in [3.8, 4) is 0 Å². The van der Waals surface area contributed by atoms with E-state index in [0.29, 0.717) is 30.5 Å². The van der Waals surface area contributed by atoms with Crippen molar-refractivity contribution < 1.29 is 27.2 Å². The van der Waals surface area contributed by atoms with E-state index in [1.165, 1.54) is 29.2 Å². The highest BCUT2D eigenvalue weighted by Gasteiger charge is 2.40. The minimum absolute atomic E-state index is 0.0186. The standard InChI is InChI=1S/C27H24F4N2O2/c1-17-8-5-14-22(28)23(17)26(35)33-15-7-13-21(24(33)18-9-3-2-4-10-18)25(34)32-20-12-6-11-19(16-20)27(29,30)31/h2-6,8-12,14,16,21,24H,7,13,15H2,1H3,(H,32,34)/t21-,24-/m0/s1. The van der Waals surface area contributed by atoms with E-state index in [1.807, 2.05) is 0 Å². The molecule has 4 rings (SSSR count). The highest BCUT2D eigenvalue weighted by atomic mass is 19.4. The van der Waals surface area contributed by atoms with Crippen LogP contribution in [-0.2, 0) is 11.0 Å². The van der Waals surface area contributed by atoms with E-state index in [4.69, 9.17) is 0 Å². The van der Waals surface area contributed by atoms with Gasteiger partial charge in [-0.05, 0) is 55.2 Å². The summed E-state index contributed by atoms with van der Waals surface area (Å²) in [7, 11) is 0. The third-order valence-corrected chi connectivity index (χ3v) is 6.26. The molecule has 35 heavy (non-hydrogen) atoms. The second-order valence-corrected chi connectivity index (χ2v) is 8.60. The average molecular weight is 484 g/mol. The molecule has 1 fully saturated rings. The number of hydrogen-bond acceptors (Lipinski definition) is 2. The lowest BCUT2D eigenvalue weighted by Gasteiger charge is -2.41. The van der Waals surface area contributed by atoms with Gasteiger partial charge in [-0.15, -0.1) is 0 Å². The molecule has 1 N–H and O–H groups in total. The van der Waals surface area contributed by atoms with E-state index in [1.54, 1.807) is 43.3 Å². The minimum Gasteiger partial charge on any atom is -0.331 e. The number of aryl methyl sites for hydroxylation is 1. The fourth-order valence-electron chi connectivity index (χ4n) is 4.62. The van der Waals surface area contributed by atoms with Crippen molar-refractivity contribution in [2.75, 3.05) is 11.9 Å². The molecule has 8 heteroatoms. The minimum atomic E-state index is -4.54. The number of hydrogen-bond donors (Lipinski definition) is 1. The quantitative estimate of drug-likeness (QED) is 0.437. The Balaban J connectivity index is 1.68. The van der Waals surface area contributed by atoms with Crippen LogP contribution in [0, 0.1) is 18.7 Å². The normalized spacial score (nSPS) is 18.3. The molecular weight excluding hydrogens is 460 g/mol. The molecule has 182 valence electrons. The lowest BCUT2D eigenvalue weighted by atomic mass is 9.83. The first-order valence-electron chi connectivity index (χ1n) is 11.3. The third kappa shape index (κ3) is 5.21. The Kier molecular flexibility index (Phi) is 6.91. The maximum Gasteiger partial charge on any atom is 0.416 e. The number of nitrogens with one attached hydrogen (secondary N) is 1. The summed E-state index contributed by atoms with van der Waals surface area (Å²) in [5.74, 6) is -2.40. The van der Waals surface area contributed by atoms with Gasteiger partial charge in [-0.25, -0.2) is 4.39 Å². The zero-order chi connectivity index (χ0) is 25.2. The molecule has 1 heterocycles. The third-order valence-electron chi connectivity index (χ3n) is 6.26. The lowest BCUT2D eigenvalue weighted by molar-refractivity contribution is -0.137. The van der Waals surface area contributed by atoms with Crippen LogP contribution in [0.2, 0.25) is 0 Å². The Morgan fingerprint density at radius 2 is 1.69 bits per heavy atom. The van der Waals surface area contributed by atoms with Gasteiger partial charge in [-0.1, -0.05) is 48.5 Å². The van der Waals surface area contributed by atoms with Crippen LogP contribution in [0.25, 0.3) is 0 Å². The van der Waals surface area contributed by atoms with Crippen molar-refractivity contribution in [3.63, 3.8) is 0 Å². The van der Waals surface area contributed by atoms with Gasteiger partial charge in [-0.3, -0.25) is 9.59 Å². The fraction of sp³-hybridized carbons (Fsp3) is 0.259. The van der Waals surface area contributed by atoms with E-state index in [9.17, 15) is 27.2 Å². The van der Waals surface area contributed by atoms with Crippen LogP contribution in [0.4, 0.5) is 23.2 Å². The number of likely N-dealkylation sites (tertiary alicyclic amines) is 1. The van der Waals surface area contributed by atoms with Gasteiger partial charge in [0.25, 0.3) is 5.91 Å². The highest BCUT2D eigenvalue weighted by molar-refractivity contribution is 5.98. The number of piperidine rings is 1. The van der Waals surface area contributed by atoms with Gasteiger partial charge in [-0.2, -0.15) is 13.2 Å². The maximum atomic E-state index is 14.6. The monoisotopic (exact) mass is 484 g/mol. The van der Waals surface area contributed by atoms with Gasteiger partial charge >= 0.3 is 6.18 Å². The molecule has 4 nitrogen and oxygen atoms in total. The second-order valence-electron chi connectivity index (χ2n) is 8.60. The zero-order valence-electron chi connectivity index (χ0n) is 19.0. The molecule has 1 aliphatic rings. The Bertz CT molecular complexity index is 1210. The molecule has 1 aliphatic heterocycles. The predicted octanol–water partition coefficient (Wildman–Crippen LogP) is 6.39. The first kappa shape index (κ1) is 24.4. The molecule has 1 saturated heterocycles. The van der Waals surface area contributed by atoms with Crippen LogP contribution in [0.15, 0.2) is 72.8 Å². The summed E-state index contributed by atoms with van der Waals surface area (Å²) in [5.41, 5.74) is 0.277. The molecule has 0 saturated carbocycles. The fourth-order valence-corrected chi connectivity index (χ4v) is 4.62. The molecule has 0 unspecified atom stereocenters. The molecule has 0 spiro atoms. The van der Waals surface area contributed by atoms with Gasteiger partial charge in [0.1, 0.15) is 5.82 Å². The number of benzene rings is 3. The molecule has 2 amide bonds. The number of carbonyl (C=O) groups is 2. The summed E-state index contributed by atoms with van der Waals surface area (Å²) in [5, 5.41) is 2.59. The first-order chi connectivity index (χ1) is 16.7. The number of rotatable bonds is 4. The van der Waals surface area contributed by atoms with Crippen LogP contribution in [0.1, 0.15) is 45.9 Å². The van der Waals surface area contributed by atoms with Crippen molar-refractivity contribution in [1.82, 2.24) is 4.90 Å². The average Bonchev–Trinajstić information content (AvgIpc) is 2.83. The van der Waals surface area contributed by atoms with Gasteiger partial charge in [0, 0.05) is 12.2 Å². The Hall–Kier alpha value is -3.68. The Morgan fingerprint density at radius 1 is 0.971 bits per heavy atom. The van der Waals surface area contributed by atoms with Gasteiger partial charge in [0.05, 0.1) is 23.1 Å². The zero-order valence-corrected chi connectivity index (χ0v) is 19.0. The van der Waals surface area contributed by atoms with Gasteiger partial charge in [0.15, 0.2) is 0 Å². The Morgan fingerprint density at radius 3 is 2.37 bits per heavy atom. The number of alkyl halides is 3. The van der Waals surface area contributed by atoms with E-state index in [2.05, 4.69) is 5.32 Å². The molecule has 3 aromatic rings. The van der Waals surface area contributed by atoms with Crippen LogP contribution in [0.3, 0.4) is 0 Å². The summed E-state index contributed by atoms with van der Waals surface area (Å²) in [6.07, 6.45) is -3.63. The number of carbonyl (C=O) groups excluding carboxylic acids is 2. The highest BCUT2D eigenvalue weighted by Crippen LogP contribution is 2.39. The van der Waals surface area contributed by atoms with Crippen molar-refractivity contribution in [3.05, 3.63) is 101 Å². The summed E-state index contributed by atoms with van der Waals surface area (Å²) in [6, 6.07) is 17.1. The van der Waals surface area contributed by atoms with E-state index in [-0.39, 0.29) is 11.3 Å².